The second-order valence-electron chi connectivity index (χ2n) is 6.15. The molecule has 0 fully saturated rings. The van der Waals surface area contributed by atoms with Crippen molar-refractivity contribution in [2.45, 2.75) is 40.0 Å². The zero-order valence-electron chi connectivity index (χ0n) is 15.1. The fraction of sp³-hybridized carbons (Fsp3) is 0.304. The van der Waals surface area contributed by atoms with E-state index in [1.807, 2.05) is 13.8 Å². The first kappa shape index (κ1) is 16.6. The van der Waals surface area contributed by atoms with Gasteiger partial charge in [-0.2, -0.15) is 0 Å². The van der Waals surface area contributed by atoms with Gasteiger partial charge in [0.15, 0.2) is 0 Å². The highest BCUT2D eigenvalue weighted by molar-refractivity contribution is 6.00. The number of rotatable bonds is 2. The van der Waals surface area contributed by atoms with Gasteiger partial charge in [0.2, 0.25) is 0 Å². The van der Waals surface area contributed by atoms with Gasteiger partial charge in [-0.25, -0.2) is 0 Å². The minimum atomic E-state index is 0.958. The lowest BCUT2D eigenvalue weighted by atomic mass is 9.91. The fourth-order valence-corrected chi connectivity index (χ4v) is 3.72. The SMILES string of the molecule is CC.COc1ccc2ccccc2c1-c1cc2c(cc1C)CCC2. The summed E-state index contributed by atoms with van der Waals surface area (Å²) in [5, 5.41) is 2.53. The van der Waals surface area contributed by atoms with Crippen LogP contribution in [-0.4, -0.2) is 7.11 Å². The molecule has 1 nitrogen and oxygen atoms in total. The van der Waals surface area contributed by atoms with Gasteiger partial charge in [-0.3, -0.25) is 0 Å². The molecule has 1 aliphatic rings. The van der Waals surface area contributed by atoms with E-state index in [0.717, 1.165) is 5.75 Å². The quantitative estimate of drug-likeness (QED) is 0.536. The van der Waals surface area contributed by atoms with Crippen molar-refractivity contribution in [2.75, 3.05) is 7.11 Å². The maximum Gasteiger partial charge on any atom is 0.127 e. The third-order valence-corrected chi connectivity index (χ3v) is 4.82. The van der Waals surface area contributed by atoms with E-state index in [2.05, 4.69) is 55.5 Å². The van der Waals surface area contributed by atoms with Crippen molar-refractivity contribution in [3.63, 3.8) is 0 Å². The van der Waals surface area contributed by atoms with Gasteiger partial charge in [0.1, 0.15) is 5.75 Å². The molecule has 4 rings (SSSR count). The number of hydrogen-bond donors (Lipinski definition) is 0. The molecule has 0 aliphatic heterocycles. The van der Waals surface area contributed by atoms with Crippen LogP contribution in [0.1, 0.15) is 37.0 Å². The molecule has 0 aromatic heterocycles. The topological polar surface area (TPSA) is 9.23 Å². The molecule has 0 atom stereocenters. The summed E-state index contributed by atoms with van der Waals surface area (Å²) in [6.07, 6.45) is 3.71. The molecule has 124 valence electrons. The van der Waals surface area contributed by atoms with Gasteiger partial charge < -0.3 is 4.74 Å². The van der Waals surface area contributed by atoms with Crippen LogP contribution in [0, 0.1) is 6.92 Å². The normalized spacial score (nSPS) is 12.5. The average Bonchev–Trinajstić information content (AvgIpc) is 3.09. The Morgan fingerprint density at radius 3 is 2.33 bits per heavy atom. The van der Waals surface area contributed by atoms with Crippen molar-refractivity contribution < 1.29 is 4.74 Å². The molecular weight excluding hydrogens is 292 g/mol. The predicted molar refractivity (Wildman–Crippen MR) is 104 cm³/mol. The van der Waals surface area contributed by atoms with E-state index in [4.69, 9.17) is 4.74 Å². The first-order valence-corrected chi connectivity index (χ1v) is 8.96. The van der Waals surface area contributed by atoms with E-state index in [1.165, 1.54) is 57.9 Å². The van der Waals surface area contributed by atoms with Crippen molar-refractivity contribution in [1.29, 1.82) is 0 Å². The van der Waals surface area contributed by atoms with Crippen LogP contribution in [0.3, 0.4) is 0 Å². The Kier molecular flexibility index (Phi) is 4.89. The minimum Gasteiger partial charge on any atom is -0.496 e. The second-order valence-corrected chi connectivity index (χ2v) is 6.15. The number of hydrogen-bond acceptors (Lipinski definition) is 1. The molecule has 0 saturated heterocycles. The zero-order valence-corrected chi connectivity index (χ0v) is 15.1. The second kappa shape index (κ2) is 7.09. The molecule has 0 amide bonds. The lowest BCUT2D eigenvalue weighted by Gasteiger charge is -2.16. The van der Waals surface area contributed by atoms with E-state index >= 15 is 0 Å². The summed E-state index contributed by atoms with van der Waals surface area (Å²) in [4.78, 5) is 0. The molecule has 0 unspecified atom stereocenters. The molecule has 1 aliphatic carbocycles. The summed E-state index contributed by atoms with van der Waals surface area (Å²) < 4.78 is 5.68. The number of ether oxygens (including phenoxy) is 1. The molecule has 24 heavy (non-hydrogen) atoms. The summed E-state index contributed by atoms with van der Waals surface area (Å²) in [5.74, 6) is 0.958. The van der Waals surface area contributed by atoms with E-state index in [1.54, 1.807) is 7.11 Å². The monoisotopic (exact) mass is 318 g/mol. The molecule has 0 heterocycles. The molecular formula is C23H26O. The molecule has 0 saturated carbocycles. The summed E-state index contributed by atoms with van der Waals surface area (Å²) in [7, 11) is 1.76. The van der Waals surface area contributed by atoms with Crippen LogP contribution in [0.25, 0.3) is 21.9 Å². The lowest BCUT2D eigenvalue weighted by molar-refractivity contribution is 0.417. The van der Waals surface area contributed by atoms with Crippen LogP contribution >= 0.6 is 0 Å². The molecule has 0 N–H and O–H groups in total. The maximum absolute atomic E-state index is 5.68. The van der Waals surface area contributed by atoms with E-state index in [0.29, 0.717) is 0 Å². The van der Waals surface area contributed by atoms with Gasteiger partial charge in [-0.1, -0.05) is 56.3 Å². The fourth-order valence-electron chi connectivity index (χ4n) is 3.72. The Hall–Kier alpha value is -2.28. The Bertz CT molecular complexity index is 861. The van der Waals surface area contributed by atoms with Gasteiger partial charge in [0.25, 0.3) is 0 Å². The highest BCUT2D eigenvalue weighted by Crippen LogP contribution is 2.40. The van der Waals surface area contributed by atoms with Crippen LogP contribution in [0.5, 0.6) is 5.75 Å². The third kappa shape index (κ3) is 2.80. The van der Waals surface area contributed by atoms with Crippen LogP contribution in [0.4, 0.5) is 0 Å². The van der Waals surface area contributed by atoms with Crippen LogP contribution in [0.2, 0.25) is 0 Å². The maximum atomic E-state index is 5.68. The first-order chi connectivity index (χ1) is 11.8. The summed E-state index contributed by atoms with van der Waals surface area (Å²) in [6.45, 7) is 6.22. The van der Waals surface area contributed by atoms with Crippen LogP contribution in [0.15, 0.2) is 48.5 Å². The van der Waals surface area contributed by atoms with Crippen molar-refractivity contribution in [1.82, 2.24) is 0 Å². The largest absolute Gasteiger partial charge is 0.496 e. The van der Waals surface area contributed by atoms with Gasteiger partial charge in [0, 0.05) is 5.56 Å². The Morgan fingerprint density at radius 2 is 1.58 bits per heavy atom. The third-order valence-electron chi connectivity index (χ3n) is 4.82. The Labute approximate surface area is 145 Å². The van der Waals surface area contributed by atoms with Gasteiger partial charge in [-0.05, 0) is 65.3 Å². The highest BCUT2D eigenvalue weighted by Gasteiger charge is 2.17. The van der Waals surface area contributed by atoms with E-state index in [-0.39, 0.29) is 0 Å². The van der Waals surface area contributed by atoms with Crippen LogP contribution < -0.4 is 4.74 Å². The minimum absolute atomic E-state index is 0.958. The average molecular weight is 318 g/mol. The highest BCUT2D eigenvalue weighted by atomic mass is 16.5. The molecule has 1 heteroatoms. The van der Waals surface area contributed by atoms with Gasteiger partial charge >= 0.3 is 0 Å². The molecule has 3 aromatic carbocycles. The van der Waals surface area contributed by atoms with Gasteiger partial charge in [0.05, 0.1) is 7.11 Å². The summed E-state index contributed by atoms with van der Waals surface area (Å²) >= 11 is 0. The Morgan fingerprint density at radius 1 is 0.875 bits per heavy atom. The number of aryl methyl sites for hydroxylation is 3. The molecule has 0 spiro atoms. The van der Waals surface area contributed by atoms with Crippen molar-refractivity contribution in [3.05, 3.63) is 65.2 Å². The Balaban J connectivity index is 0.000000815. The first-order valence-electron chi connectivity index (χ1n) is 8.96. The van der Waals surface area contributed by atoms with Gasteiger partial charge in [-0.15, -0.1) is 0 Å². The molecule has 3 aromatic rings. The number of benzene rings is 3. The summed E-state index contributed by atoms with van der Waals surface area (Å²) in [5.41, 5.74) is 6.92. The smallest absolute Gasteiger partial charge is 0.127 e. The standard InChI is InChI=1S/C21H20O.C2H6/c1-14-12-16-7-5-8-17(16)13-19(14)21-18-9-4-3-6-15(18)10-11-20(21)22-2;1-2/h3-4,6,9-13H,5,7-8H2,1-2H3;1-2H3. The molecule has 0 bridgehead atoms. The zero-order chi connectivity index (χ0) is 17.1. The lowest BCUT2D eigenvalue weighted by Crippen LogP contribution is -1.94. The van der Waals surface area contributed by atoms with E-state index in [9.17, 15) is 0 Å². The van der Waals surface area contributed by atoms with Crippen molar-refractivity contribution in [3.8, 4) is 16.9 Å². The summed E-state index contributed by atoms with van der Waals surface area (Å²) in [6, 6.07) is 17.6. The van der Waals surface area contributed by atoms with E-state index < -0.39 is 0 Å². The van der Waals surface area contributed by atoms with Crippen molar-refractivity contribution in [2.24, 2.45) is 0 Å². The number of methoxy groups -OCH3 is 1. The van der Waals surface area contributed by atoms with Crippen molar-refractivity contribution >= 4 is 10.8 Å². The predicted octanol–water partition coefficient (Wildman–Crippen LogP) is 6.34. The molecule has 0 radical (unpaired) electrons. The number of fused-ring (bicyclic) bond motifs is 2. The van der Waals surface area contributed by atoms with Crippen LogP contribution in [-0.2, 0) is 12.8 Å².